The van der Waals surface area contributed by atoms with Gasteiger partial charge in [-0.15, -0.1) is 10.2 Å². The van der Waals surface area contributed by atoms with Gasteiger partial charge in [0.1, 0.15) is 0 Å². The summed E-state index contributed by atoms with van der Waals surface area (Å²) in [6.45, 7) is 1.87. The number of carbonyl (C=O) groups excluding carboxylic acids is 1. The average molecular weight is 387 g/mol. The highest BCUT2D eigenvalue weighted by Crippen LogP contribution is 2.36. The van der Waals surface area contributed by atoms with Gasteiger partial charge in [0.25, 0.3) is 0 Å². The summed E-state index contributed by atoms with van der Waals surface area (Å²) < 4.78 is 6.09. The first-order valence-corrected chi connectivity index (χ1v) is 10.2. The lowest BCUT2D eigenvalue weighted by molar-refractivity contribution is -0.118. The normalized spacial score (nSPS) is 13.7. The Morgan fingerprint density at radius 3 is 2.85 bits per heavy atom. The Morgan fingerprint density at radius 2 is 2.12 bits per heavy atom. The maximum Gasteiger partial charge on any atom is 0.237 e. The van der Waals surface area contributed by atoms with Crippen molar-refractivity contribution in [2.45, 2.75) is 42.3 Å². The molecular formula is C17H17N5O2S2. The quantitative estimate of drug-likeness (QED) is 0.450. The Hall–Kier alpha value is -2.26. The van der Waals surface area contributed by atoms with Crippen LogP contribution in [-0.4, -0.2) is 32.3 Å². The summed E-state index contributed by atoms with van der Waals surface area (Å²) in [4.78, 5) is 18.3. The fraction of sp³-hybridized carbons (Fsp3) is 0.353. The molecule has 0 N–H and O–H groups in total. The predicted molar refractivity (Wildman–Crippen MR) is 100 cm³/mol. The van der Waals surface area contributed by atoms with Crippen molar-refractivity contribution >= 4 is 34.1 Å². The van der Waals surface area contributed by atoms with Crippen LogP contribution in [0.2, 0.25) is 0 Å². The van der Waals surface area contributed by atoms with Crippen molar-refractivity contribution in [2.24, 2.45) is 0 Å². The largest absolute Gasteiger partial charge is 0.338 e. The van der Waals surface area contributed by atoms with Crippen LogP contribution in [0.5, 0.6) is 0 Å². The highest BCUT2D eigenvalue weighted by atomic mass is 32.2. The molecule has 1 amide bonds. The van der Waals surface area contributed by atoms with E-state index in [-0.39, 0.29) is 11.9 Å². The van der Waals surface area contributed by atoms with E-state index in [0.29, 0.717) is 29.0 Å². The highest BCUT2D eigenvalue weighted by molar-refractivity contribution is 8.00. The number of amides is 1. The lowest BCUT2D eigenvalue weighted by atomic mass is 10.2. The molecule has 26 heavy (non-hydrogen) atoms. The van der Waals surface area contributed by atoms with E-state index in [2.05, 4.69) is 20.3 Å². The second kappa shape index (κ2) is 7.55. The van der Waals surface area contributed by atoms with Crippen LogP contribution in [0.3, 0.4) is 0 Å². The molecule has 1 aliphatic carbocycles. The minimum Gasteiger partial charge on any atom is -0.338 e. The van der Waals surface area contributed by atoms with Crippen LogP contribution in [0.1, 0.15) is 32.1 Å². The van der Waals surface area contributed by atoms with Gasteiger partial charge < -0.3 is 4.52 Å². The summed E-state index contributed by atoms with van der Waals surface area (Å²) in [5, 5.41) is 13.1. The zero-order chi connectivity index (χ0) is 17.9. The number of benzene rings is 1. The summed E-state index contributed by atoms with van der Waals surface area (Å²) in [5.74, 6) is 1.73. The smallest absolute Gasteiger partial charge is 0.237 e. The van der Waals surface area contributed by atoms with Crippen LogP contribution in [-0.2, 0) is 10.5 Å². The van der Waals surface area contributed by atoms with E-state index in [1.807, 2.05) is 37.3 Å². The molecule has 1 saturated carbocycles. The van der Waals surface area contributed by atoms with Crippen molar-refractivity contribution in [3.63, 3.8) is 0 Å². The van der Waals surface area contributed by atoms with E-state index in [9.17, 15) is 4.79 Å². The number of anilines is 1. The first kappa shape index (κ1) is 17.2. The highest BCUT2D eigenvalue weighted by Gasteiger charge is 2.35. The van der Waals surface area contributed by atoms with Gasteiger partial charge in [-0.1, -0.05) is 65.5 Å². The van der Waals surface area contributed by atoms with Crippen LogP contribution >= 0.6 is 23.1 Å². The van der Waals surface area contributed by atoms with Gasteiger partial charge in [0, 0.05) is 18.0 Å². The predicted octanol–water partition coefficient (Wildman–Crippen LogP) is 3.79. The van der Waals surface area contributed by atoms with Crippen molar-refractivity contribution in [1.29, 1.82) is 0 Å². The fourth-order valence-corrected chi connectivity index (χ4v) is 4.24. The Balaban J connectivity index is 1.41. The maximum absolute atomic E-state index is 12.1. The van der Waals surface area contributed by atoms with Gasteiger partial charge >= 0.3 is 0 Å². The molecule has 0 atom stereocenters. The number of aromatic nitrogens is 4. The molecular weight excluding hydrogens is 370 g/mol. The Morgan fingerprint density at radius 1 is 1.31 bits per heavy atom. The second-order valence-electron chi connectivity index (χ2n) is 5.87. The lowest BCUT2D eigenvalue weighted by Gasteiger charge is -2.17. The number of nitrogens with zero attached hydrogens (tertiary/aromatic N) is 5. The molecule has 2 aromatic heterocycles. The summed E-state index contributed by atoms with van der Waals surface area (Å²) in [6, 6.07) is 9.99. The molecule has 0 spiro atoms. The molecule has 9 heteroatoms. The van der Waals surface area contributed by atoms with Crippen molar-refractivity contribution in [3.05, 3.63) is 36.2 Å². The SMILES string of the molecule is CCC(=O)N(c1nnc(SCc2nc(-c3ccccc3)no2)s1)C1CC1. The van der Waals surface area contributed by atoms with Gasteiger partial charge in [-0.05, 0) is 12.8 Å². The Kier molecular flexibility index (Phi) is 4.98. The first-order valence-electron chi connectivity index (χ1n) is 8.41. The molecule has 0 bridgehead atoms. The first-order chi connectivity index (χ1) is 12.7. The zero-order valence-corrected chi connectivity index (χ0v) is 15.8. The summed E-state index contributed by atoms with van der Waals surface area (Å²) in [6.07, 6.45) is 2.55. The van der Waals surface area contributed by atoms with E-state index >= 15 is 0 Å². The average Bonchev–Trinajstić information content (AvgIpc) is 3.20. The van der Waals surface area contributed by atoms with E-state index in [4.69, 9.17) is 4.52 Å². The summed E-state index contributed by atoms with van der Waals surface area (Å²) in [7, 11) is 0. The topological polar surface area (TPSA) is 85.0 Å². The second-order valence-corrected chi connectivity index (χ2v) is 8.04. The van der Waals surface area contributed by atoms with Crippen LogP contribution in [0.15, 0.2) is 39.2 Å². The molecule has 7 nitrogen and oxygen atoms in total. The zero-order valence-electron chi connectivity index (χ0n) is 14.2. The van der Waals surface area contributed by atoms with Gasteiger partial charge in [0.15, 0.2) is 4.34 Å². The van der Waals surface area contributed by atoms with Gasteiger partial charge in [-0.25, -0.2) is 0 Å². The minimum absolute atomic E-state index is 0.101. The van der Waals surface area contributed by atoms with Crippen LogP contribution in [0.25, 0.3) is 11.4 Å². The van der Waals surface area contributed by atoms with Crippen LogP contribution in [0, 0.1) is 0 Å². The van der Waals surface area contributed by atoms with Crippen LogP contribution in [0.4, 0.5) is 5.13 Å². The third-order valence-electron chi connectivity index (χ3n) is 3.90. The monoisotopic (exact) mass is 387 g/mol. The van der Waals surface area contributed by atoms with E-state index < -0.39 is 0 Å². The molecule has 134 valence electrons. The molecule has 4 rings (SSSR count). The third kappa shape index (κ3) is 3.78. The van der Waals surface area contributed by atoms with Gasteiger partial charge in [0.05, 0.1) is 5.75 Å². The Bertz CT molecular complexity index is 891. The number of thioether (sulfide) groups is 1. The van der Waals surface area contributed by atoms with E-state index in [0.717, 1.165) is 22.7 Å². The number of hydrogen-bond donors (Lipinski definition) is 0. The van der Waals surface area contributed by atoms with Crippen molar-refractivity contribution in [3.8, 4) is 11.4 Å². The van der Waals surface area contributed by atoms with Crippen molar-refractivity contribution in [2.75, 3.05) is 4.90 Å². The van der Waals surface area contributed by atoms with Gasteiger partial charge in [0.2, 0.25) is 22.8 Å². The molecule has 0 unspecified atom stereocenters. The molecule has 0 radical (unpaired) electrons. The lowest BCUT2D eigenvalue weighted by Crippen LogP contribution is -2.32. The molecule has 1 fully saturated rings. The molecule has 0 aliphatic heterocycles. The molecule has 2 heterocycles. The van der Waals surface area contributed by atoms with Crippen LogP contribution < -0.4 is 4.90 Å². The van der Waals surface area contributed by atoms with Crippen molar-refractivity contribution in [1.82, 2.24) is 20.3 Å². The van der Waals surface area contributed by atoms with Gasteiger partial charge in [-0.2, -0.15) is 4.98 Å². The molecule has 0 saturated heterocycles. The van der Waals surface area contributed by atoms with E-state index in [1.165, 1.54) is 23.1 Å². The van der Waals surface area contributed by atoms with Gasteiger partial charge in [-0.3, -0.25) is 9.69 Å². The third-order valence-corrected chi connectivity index (χ3v) is 5.94. The number of hydrogen-bond acceptors (Lipinski definition) is 8. The number of carbonyl (C=O) groups is 1. The molecule has 3 aromatic rings. The molecule has 1 aliphatic rings. The number of rotatable bonds is 7. The Labute approximate surface area is 158 Å². The van der Waals surface area contributed by atoms with Crippen molar-refractivity contribution < 1.29 is 9.32 Å². The molecule has 1 aromatic carbocycles. The summed E-state index contributed by atoms with van der Waals surface area (Å²) in [5.41, 5.74) is 0.920. The maximum atomic E-state index is 12.1. The van der Waals surface area contributed by atoms with E-state index in [1.54, 1.807) is 4.90 Å². The summed E-state index contributed by atoms with van der Waals surface area (Å²) >= 11 is 2.91. The minimum atomic E-state index is 0.101. The fourth-order valence-electron chi connectivity index (χ4n) is 2.47. The standard InChI is InChI=1S/C17H17N5O2S2/c1-2-14(23)22(12-8-9-12)16-19-20-17(26-16)25-10-13-18-15(21-24-13)11-6-4-3-5-7-11/h3-7,12H,2,8-10H2,1H3.